The SMILES string of the molecule is CC[C@H](F)CNc1ncc(-c2ccc(CCCF)cn2)c(NC2CCC(O)CC2)n1. The molecule has 0 unspecified atom stereocenters. The highest BCUT2D eigenvalue weighted by atomic mass is 19.1. The summed E-state index contributed by atoms with van der Waals surface area (Å²) in [5, 5.41) is 16.2. The van der Waals surface area contributed by atoms with Crippen LogP contribution in [0.1, 0.15) is 51.0 Å². The van der Waals surface area contributed by atoms with E-state index in [4.69, 9.17) is 0 Å². The molecule has 1 aliphatic carbocycles. The molecule has 0 saturated heterocycles. The van der Waals surface area contributed by atoms with Gasteiger partial charge in [0.15, 0.2) is 0 Å². The number of nitrogens with zero attached hydrogens (tertiary/aromatic N) is 3. The number of aromatic nitrogens is 3. The Bertz CT molecular complexity index is 782. The number of hydrogen-bond donors (Lipinski definition) is 3. The molecule has 3 rings (SSSR count). The zero-order valence-electron chi connectivity index (χ0n) is 17.5. The summed E-state index contributed by atoms with van der Waals surface area (Å²) in [6.45, 7) is 1.61. The largest absolute Gasteiger partial charge is 0.393 e. The van der Waals surface area contributed by atoms with Crippen LogP contribution < -0.4 is 10.6 Å². The molecule has 0 aromatic carbocycles. The van der Waals surface area contributed by atoms with Crippen LogP contribution in [-0.4, -0.2) is 51.6 Å². The van der Waals surface area contributed by atoms with E-state index in [1.54, 1.807) is 19.3 Å². The number of aryl methyl sites for hydroxylation is 1. The molecule has 8 heteroatoms. The third-order valence-corrected chi connectivity index (χ3v) is 5.45. The second-order valence-electron chi connectivity index (χ2n) is 7.84. The topological polar surface area (TPSA) is 83.0 Å². The lowest BCUT2D eigenvalue weighted by Crippen LogP contribution is -2.29. The van der Waals surface area contributed by atoms with E-state index in [-0.39, 0.29) is 25.4 Å². The standard InChI is InChI=1S/C22H31F2N5O/c1-2-16(24)13-26-22-27-14-19(20-10-5-15(12-25-20)4-3-11-23)21(29-22)28-17-6-8-18(30)9-7-17/h5,10,12,14,16-18,30H,2-4,6-9,11,13H2,1H3,(H2,26,27,28,29)/t16-,17?,18?/m0/s1. The summed E-state index contributed by atoms with van der Waals surface area (Å²) in [6, 6.07) is 4.03. The third kappa shape index (κ3) is 6.32. The number of aliphatic hydroxyl groups is 1. The minimum absolute atomic E-state index is 0.159. The molecule has 0 spiro atoms. The molecule has 3 N–H and O–H groups in total. The van der Waals surface area contributed by atoms with Crippen LogP contribution in [0.3, 0.4) is 0 Å². The average molecular weight is 420 g/mol. The Hall–Kier alpha value is -2.35. The Morgan fingerprint density at radius 3 is 2.63 bits per heavy atom. The summed E-state index contributed by atoms with van der Waals surface area (Å²) in [4.78, 5) is 13.5. The Morgan fingerprint density at radius 2 is 1.97 bits per heavy atom. The van der Waals surface area contributed by atoms with Crippen LogP contribution in [-0.2, 0) is 6.42 Å². The zero-order chi connectivity index (χ0) is 21.3. The first-order valence-electron chi connectivity index (χ1n) is 10.8. The number of anilines is 2. The molecule has 164 valence electrons. The summed E-state index contributed by atoms with van der Waals surface area (Å²) in [5.74, 6) is 1.01. The quantitative estimate of drug-likeness (QED) is 0.532. The molecular weight excluding hydrogens is 388 g/mol. The Kier molecular flexibility index (Phi) is 8.30. The van der Waals surface area contributed by atoms with Crippen molar-refractivity contribution in [3.05, 3.63) is 30.1 Å². The van der Waals surface area contributed by atoms with Gasteiger partial charge in [-0.3, -0.25) is 9.37 Å². The first-order valence-corrected chi connectivity index (χ1v) is 10.8. The predicted molar refractivity (Wildman–Crippen MR) is 115 cm³/mol. The van der Waals surface area contributed by atoms with Crippen molar-refractivity contribution in [3.63, 3.8) is 0 Å². The Morgan fingerprint density at radius 1 is 1.17 bits per heavy atom. The summed E-state index contributed by atoms with van der Waals surface area (Å²) in [5.41, 5.74) is 2.47. The van der Waals surface area contributed by atoms with E-state index in [1.807, 2.05) is 12.1 Å². The number of rotatable bonds is 10. The van der Waals surface area contributed by atoms with E-state index in [0.717, 1.165) is 42.5 Å². The second kappa shape index (κ2) is 11.2. The van der Waals surface area contributed by atoms with Crippen LogP contribution in [0.4, 0.5) is 20.5 Å². The normalized spacial score (nSPS) is 20.0. The first-order chi connectivity index (χ1) is 14.6. The number of hydrogen-bond acceptors (Lipinski definition) is 6. The molecule has 2 aromatic heterocycles. The first kappa shape index (κ1) is 22.3. The highest BCUT2D eigenvalue weighted by Gasteiger charge is 2.21. The number of alkyl halides is 2. The lowest BCUT2D eigenvalue weighted by Gasteiger charge is -2.27. The summed E-state index contributed by atoms with van der Waals surface area (Å²) >= 11 is 0. The predicted octanol–water partition coefficient (Wildman–Crippen LogP) is 4.32. The van der Waals surface area contributed by atoms with E-state index < -0.39 is 6.17 Å². The van der Waals surface area contributed by atoms with Gasteiger partial charge in [-0.05, 0) is 56.6 Å². The van der Waals surface area contributed by atoms with Gasteiger partial charge in [0.25, 0.3) is 0 Å². The lowest BCUT2D eigenvalue weighted by atomic mass is 9.93. The summed E-state index contributed by atoms with van der Waals surface area (Å²) < 4.78 is 26.0. The van der Waals surface area contributed by atoms with Crippen molar-refractivity contribution < 1.29 is 13.9 Å². The maximum Gasteiger partial charge on any atom is 0.224 e. The van der Waals surface area contributed by atoms with Crippen molar-refractivity contribution in [1.82, 2.24) is 15.0 Å². The van der Waals surface area contributed by atoms with Gasteiger partial charge in [0, 0.05) is 25.0 Å². The summed E-state index contributed by atoms with van der Waals surface area (Å²) in [7, 11) is 0. The molecule has 0 bridgehead atoms. The van der Waals surface area contributed by atoms with Crippen molar-refractivity contribution in [3.8, 4) is 11.3 Å². The molecule has 0 aliphatic heterocycles. The fraction of sp³-hybridized carbons (Fsp3) is 0.591. The van der Waals surface area contributed by atoms with Crippen LogP contribution in [0.2, 0.25) is 0 Å². The Balaban J connectivity index is 1.81. The van der Waals surface area contributed by atoms with Crippen molar-refractivity contribution in [2.75, 3.05) is 23.9 Å². The van der Waals surface area contributed by atoms with Crippen molar-refractivity contribution in [2.45, 2.75) is 70.2 Å². The van der Waals surface area contributed by atoms with E-state index in [9.17, 15) is 13.9 Å². The molecule has 30 heavy (non-hydrogen) atoms. The smallest absolute Gasteiger partial charge is 0.224 e. The van der Waals surface area contributed by atoms with E-state index in [2.05, 4.69) is 25.6 Å². The number of pyridine rings is 1. The monoisotopic (exact) mass is 419 g/mol. The van der Waals surface area contributed by atoms with Crippen LogP contribution in [0.15, 0.2) is 24.5 Å². The molecule has 2 heterocycles. The van der Waals surface area contributed by atoms with Crippen molar-refractivity contribution >= 4 is 11.8 Å². The van der Waals surface area contributed by atoms with Crippen LogP contribution in [0, 0.1) is 0 Å². The molecule has 2 aromatic rings. The van der Waals surface area contributed by atoms with E-state index in [0.29, 0.717) is 31.0 Å². The van der Waals surface area contributed by atoms with Gasteiger partial charge in [0.2, 0.25) is 5.95 Å². The van der Waals surface area contributed by atoms with Crippen molar-refractivity contribution in [2.24, 2.45) is 0 Å². The van der Waals surface area contributed by atoms with Gasteiger partial charge in [0.1, 0.15) is 12.0 Å². The summed E-state index contributed by atoms with van der Waals surface area (Å²) in [6.07, 6.45) is 7.04. The highest BCUT2D eigenvalue weighted by molar-refractivity contribution is 5.73. The third-order valence-electron chi connectivity index (χ3n) is 5.45. The highest BCUT2D eigenvalue weighted by Crippen LogP contribution is 2.29. The average Bonchev–Trinajstić information content (AvgIpc) is 2.78. The zero-order valence-corrected chi connectivity index (χ0v) is 17.5. The van der Waals surface area contributed by atoms with E-state index in [1.165, 1.54) is 0 Å². The van der Waals surface area contributed by atoms with Gasteiger partial charge in [0.05, 0.1) is 24.0 Å². The molecule has 6 nitrogen and oxygen atoms in total. The van der Waals surface area contributed by atoms with Crippen LogP contribution in [0.25, 0.3) is 11.3 Å². The fourth-order valence-electron chi connectivity index (χ4n) is 3.53. The maximum atomic E-state index is 13.6. The van der Waals surface area contributed by atoms with Crippen LogP contribution >= 0.6 is 0 Å². The molecule has 1 aliphatic rings. The fourth-order valence-corrected chi connectivity index (χ4v) is 3.53. The van der Waals surface area contributed by atoms with Gasteiger partial charge in [-0.1, -0.05) is 13.0 Å². The molecule has 0 radical (unpaired) electrons. The minimum Gasteiger partial charge on any atom is -0.393 e. The van der Waals surface area contributed by atoms with Crippen LogP contribution in [0.5, 0.6) is 0 Å². The molecule has 1 atom stereocenters. The molecule has 0 amide bonds. The van der Waals surface area contributed by atoms with Gasteiger partial charge < -0.3 is 15.7 Å². The number of halogens is 2. The van der Waals surface area contributed by atoms with Crippen molar-refractivity contribution in [1.29, 1.82) is 0 Å². The molecular formula is C22H31F2N5O. The second-order valence-corrected chi connectivity index (χ2v) is 7.84. The Labute approximate surface area is 176 Å². The van der Waals surface area contributed by atoms with Gasteiger partial charge in [-0.25, -0.2) is 9.37 Å². The van der Waals surface area contributed by atoms with Gasteiger partial charge in [-0.2, -0.15) is 4.98 Å². The minimum atomic E-state index is -0.956. The van der Waals surface area contributed by atoms with E-state index >= 15 is 0 Å². The molecule has 1 fully saturated rings. The number of aliphatic hydroxyl groups excluding tert-OH is 1. The lowest BCUT2D eigenvalue weighted by molar-refractivity contribution is 0.126. The van der Waals surface area contributed by atoms with Gasteiger partial charge in [-0.15, -0.1) is 0 Å². The number of nitrogens with one attached hydrogen (secondary N) is 2. The molecule has 1 saturated carbocycles. The van der Waals surface area contributed by atoms with Gasteiger partial charge >= 0.3 is 0 Å². The maximum absolute atomic E-state index is 13.6.